The van der Waals surface area contributed by atoms with E-state index in [1.165, 1.54) is 23.7 Å². The molecule has 4 heteroatoms. The standard InChI is InChI=1S/C16H20N4/c1-2-20-16-9-4-3-8-14(16)15(18-20)12-19-10-6-5-7-13(19)11-17/h3-4,8-9,13H,2,5-7,10,12H2,1H3. The molecule has 0 spiro atoms. The first-order valence-corrected chi connectivity index (χ1v) is 7.41. The Morgan fingerprint density at radius 2 is 2.20 bits per heavy atom. The minimum Gasteiger partial charge on any atom is -0.282 e. The first kappa shape index (κ1) is 13.1. The lowest BCUT2D eigenvalue weighted by molar-refractivity contribution is 0.174. The van der Waals surface area contributed by atoms with Gasteiger partial charge in [0.05, 0.1) is 23.3 Å². The molecule has 1 aliphatic heterocycles. The van der Waals surface area contributed by atoms with Gasteiger partial charge in [0, 0.05) is 18.5 Å². The maximum absolute atomic E-state index is 9.29. The van der Waals surface area contributed by atoms with E-state index in [0.29, 0.717) is 0 Å². The van der Waals surface area contributed by atoms with Crippen molar-refractivity contribution in [3.05, 3.63) is 30.0 Å². The first-order valence-electron chi connectivity index (χ1n) is 7.41. The molecule has 0 aliphatic carbocycles. The number of aryl methyl sites for hydroxylation is 1. The van der Waals surface area contributed by atoms with Gasteiger partial charge in [0.1, 0.15) is 0 Å². The summed E-state index contributed by atoms with van der Waals surface area (Å²) in [6.45, 7) is 4.78. The van der Waals surface area contributed by atoms with Gasteiger partial charge in [0.15, 0.2) is 0 Å². The number of hydrogen-bond acceptors (Lipinski definition) is 3. The van der Waals surface area contributed by atoms with Crippen molar-refractivity contribution in [3.63, 3.8) is 0 Å². The van der Waals surface area contributed by atoms with Crippen LogP contribution in [0.3, 0.4) is 0 Å². The Morgan fingerprint density at radius 3 is 3.00 bits per heavy atom. The molecule has 2 heterocycles. The molecule has 0 saturated carbocycles. The Labute approximate surface area is 119 Å². The SMILES string of the molecule is CCn1nc(CN2CCCCC2C#N)c2ccccc21. The zero-order chi connectivity index (χ0) is 13.9. The molecule has 4 nitrogen and oxygen atoms in total. The molecule has 1 unspecified atom stereocenters. The van der Waals surface area contributed by atoms with Crippen molar-refractivity contribution >= 4 is 10.9 Å². The van der Waals surface area contributed by atoms with Crippen LogP contribution in [-0.4, -0.2) is 27.3 Å². The summed E-state index contributed by atoms with van der Waals surface area (Å²) in [5, 5.41) is 15.2. The zero-order valence-electron chi connectivity index (χ0n) is 11.9. The van der Waals surface area contributed by atoms with Crippen molar-refractivity contribution in [2.45, 2.75) is 45.3 Å². The largest absolute Gasteiger partial charge is 0.282 e. The molecular weight excluding hydrogens is 248 g/mol. The maximum atomic E-state index is 9.29. The summed E-state index contributed by atoms with van der Waals surface area (Å²) in [5.41, 5.74) is 2.29. The summed E-state index contributed by atoms with van der Waals surface area (Å²) in [5.74, 6) is 0. The number of hydrogen-bond donors (Lipinski definition) is 0. The highest BCUT2D eigenvalue weighted by Gasteiger charge is 2.23. The average Bonchev–Trinajstić information content (AvgIpc) is 2.86. The fraction of sp³-hybridized carbons (Fsp3) is 0.500. The van der Waals surface area contributed by atoms with Crippen molar-refractivity contribution < 1.29 is 0 Å². The lowest BCUT2D eigenvalue weighted by Gasteiger charge is -2.30. The van der Waals surface area contributed by atoms with E-state index in [1.807, 2.05) is 0 Å². The second kappa shape index (κ2) is 5.64. The molecule has 0 radical (unpaired) electrons. The Bertz CT molecular complexity index is 637. The summed E-state index contributed by atoms with van der Waals surface area (Å²) in [7, 11) is 0. The van der Waals surface area contributed by atoms with Crippen LogP contribution >= 0.6 is 0 Å². The summed E-state index contributed by atoms with van der Waals surface area (Å²) < 4.78 is 2.05. The topological polar surface area (TPSA) is 44.9 Å². The molecular formula is C16H20N4. The molecule has 1 atom stereocenters. The Kier molecular flexibility index (Phi) is 3.70. The van der Waals surface area contributed by atoms with Crippen molar-refractivity contribution in [2.24, 2.45) is 0 Å². The molecule has 1 fully saturated rings. The monoisotopic (exact) mass is 268 g/mol. The van der Waals surface area contributed by atoms with Gasteiger partial charge in [-0.25, -0.2) is 0 Å². The van der Waals surface area contributed by atoms with Crippen molar-refractivity contribution in [2.75, 3.05) is 6.54 Å². The van der Waals surface area contributed by atoms with Gasteiger partial charge in [-0.05, 0) is 38.8 Å². The van der Waals surface area contributed by atoms with Crippen molar-refractivity contribution in [1.29, 1.82) is 5.26 Å². The Hall–Kier alpha value is -1.86. The highest BCUT2D eigenvalue weighted by atomic mass is 15.3. The van der Waals surface area contributed by atoms with Gasteiger partial charge < -0.3 is 0 Å². The van der Waals surface area contributed by atoms with Gasteiger partial charge in [-0.3, -0.25) is 9.58 Å². The summed E-state index contributed by atoms with van der Waals surface area (Å²) in [6.07, 6.45) is 3.34. The predicted octanol–water partition coefficient (Wildman–Crippen LogP) is 2.93. The fourth-order valence-corrected chi connectivity index (χ4v) is 3.07. The molecule has 3 rings (SSSR count). The number of nitriles is 1. The first-order chi connectivity index (χ1) is 9.83. The normalized spacial score (nSPS) is 20.1. The van der Waals surface area contributed by atoms with E-state index < -0.39 is 0 Å². The van der Waals surface area contributed by atoms with E-state index in [9.17, 15) is 5.26 Å². The molecule has 20 heavy (non-hydrogen) atoms. The summed E-state index contributed by atoms with van der Waals surface area (Å²) in [6, 6.07) is 10.9. The summed E-state index contributed by atoms with van der Waals surface area (Å²) >= 11 is 0. The van der Waals surface area contributed by atoms with Gasteiger partial charge in [0.2, 0.25) is 0 Å². The second-order valence-electron chi connectivity index (χ2n) is 5.39. The van der Waals surface area contributed by atoms with Crippen LogP contribution in [0.25, 0.3) is 10.9 Å². The molecule has 0 amide bonds. The molecule has 1 aromatic heterocycles. The Morgan fingerprint density at radius 1 is 1.35 bits per heavy atom. The molecule has 0 N–H and O–H groups in total. The lowest BCUT2D eigenvalue weighted by Crippen LogP contribution is -2.38. The van der Waals surface area contributed by atoms with Crippen LogP contribution in [0.4, 0.5) is 0 Å². The minimum absolute atomic E-state index is 0.0503. The highest BCUT2D eigenvalue weighted by Crippen LogP contribution is 2.23. The number of rotatable bonds is 3. The van der Waals surface area contributed by atoms with Gasteiger partial charge in [-0.1, -0.05) is 18.2 Å². The number of nitrogens with zero attached hydrogens (tertiary/aromatic N) is 4. The molecule has 104 valence electrons. The van der Waals surface area contributed by atoms with E-state index in [1.54, 1.807) is 0 Å². The van der Waals surface area contributed by atoms with Crippen molar-refractivity contribution in [1.82, 2.24) is 14.7 Å². The van der Waals surface area contributed by atoms with Crippen LogP contribution in [0.2, 0.25) is 0 Å². The Balaban J connectivity index is 1.92. The number of aromatic nitrogens is 2. The van der Waals surface area contributed by atoms with Crippen LogP contribution < -0.4 is 0 Å². The number of benzene rings is 1. The number of likely N-dealkylation sites (tertiary alicyclic amines) is 1. The van der Waals surface area contributed by atoms with Crippen LogP contribution in [0, 0.1) is 11.3 Å². The van der Waals surface area contributed by atoms with E-state index in [-0.39, 0.29) is 6.04 Å². The van der Waals surface area contributed by atoms with Crippen LogP contribution in [0.5, 0.6) is 0 Å². The van der Waals surface area contributed by atoms with Gasteiger partial charge >= 0.3 is 0 Å². The van der Waals surface area contributed by atoms with Crippen LogP contribution in [0.1, 0.15) is 31.9 Å². The summed E-state index contributed by atoms with van der Waals surface area (Å²) in [4.78, 5) is 2.28. The van der Waals surface area contributed by atoms with Gasteiger partial charge in [-0.15, -0.1) is 0 Å². The number of fused-ring (bicyclic) bond motifs is 1. The molecule has 1 aliphatic rings. The molecule has 0 bridgehead atoms. The maximum Gasteiger partial charge on any atom is 0.0981 e. The number of piperidine rings is 1. The lowest BCUT2D eigenvalue weighted by atomic mass is 10.0. The second-order valence-corrected chi connectivity index (χ2v) is 5.39. The third-order valence-electron chi connectivity index (χ3n) is 4.15. The fourth-order valence-electron chi connectivity index (χ4n) is 3.07. The van der Waals surface area contributed by atoms with Crippen LogP contribution in [0.15, 0.2) is 24.3 Å². The third-order valence-corrected chi connectivity index (χ3v) is 4.15. The van der Waals surface area contributed by atoms with Crippen molar-refractivity contribution in [3.8, 4) is 6.07 Å². The quantitative estimate of drug-likeness (QED) is 0.859. The minimum atomic E-state index is 0.0503. The van der Waals surface area contributed by atoms with E-state index in [4.69, 9.17) is 5.10 Å². The van der Waals surface area contributed by atoms with E-state index in [0.717, 1.165) is 31.7 Å². The third kappa shape index (κ3) is 2.30. The van der Waals surface area contributed by atoms with Gasteiger partial charge in [0.25, 0.3) is 0 Å². The van der Waals surface area contributed by atoms with Crippen LogP contribution in [-0.2, 0) is 13.1 Å². The highest BCUT2D eigenvalue weighted by molar-refractivity contribution is 5.81. The van der Waals surface area contributed by atoms with Gasteiger partial charge in [-0.2, -0.15) is 10.4 Å². The smallest absolute Gasteiger partial charge is 0.0981 e. The predicted molar refractivity (Wildman–Crippen MR) is 79.1 cm³/mol. The number of para-hydroxylation sites is 1. The zero-order valence-corrected chi connectivity index (χ0v) is 11.9. The van der Waals surface area contributed by atoms with E-state index >= 15 is 0 Å². The molecule has 2 aromatic rings. The molecule has 1 aromatic carbocycles. The average molecular weight is 268 g/mol. The molecule has 1 saturated heterocycles. The van der Waals surface area contributed by atoms with E-state index in [2.05, 4.69) is 46.8 Å².